The first kappa shape index (κ1) is 8.71. The lowest BCUT2D eigenvalue weighted by atomic mass is 10.6. The van der Waals surface area contributed by atoms with Gasteiger partial charge in [0.2, 0.25) is 0 Å². The van der Waals surface area contributed by atoms with Gasteiger partial charge in [-0.25, -0.2) is 5.01 Å². The zero-order chi connectivity index (χ0) is 7.23. The highest BCUT2D eigenvalue weighted by Crippen LogP contribution is 2.14. The largest absolute Gasteiger partial charge is 0.257 e. The number of nitrogens with one attached hydrogen (secondary N) is 1. The fourth-order valence-electron chi connectivity index (χ4n) is 0.779. The van der Waals surface area contributed by atoms with Crippen LogP contribution in [-0.2, 0) is 0 Å². The molecule has 1 fully saturated rings. The van der Waals surface area contributed by atoms with Gasteiger partial charge in [-0.1, -0.05) is 0 Å². The van der Waals surface area contributed by atoms with Crippen LogP contribution in [0, 0.1) is 0 Å². The van der Waals surface area contributed by atoms with E-state index in [0.717, 1.165) is 11.8 Å². The zero-order valence-electron chi connectivity index (χ0n) is 6.30. The number of hydrogen-bond acceptors (Lipinski definition) is 4. The summed E-state index contributed by atoms with van der Waals surface area (Å²) in [6.45, 7) is 0. The molecule has 1 aliphatic heterocycles. The van der Waals surface area contributed by atoms with E-state index in [4.69, 9.17) is 0 Å². The second kappa shape index (κ2) is 5.29. The lowest BCUT2D eigenvalue weighted by Gasteiger charge is -2.22. The van der Waals surface area contributed by atoms with Crippen molar-refractivity contribution in [1.29, 1.82) is 0 Å². The predicted octanol–water partition coefficient (Wildman–Crippen LogP) is 1.21. The molecule has 0 bridgehead atoms. The summed E-state index contributed by atoms with van der Waals surface area (Å²) in [6.07, 6.45) is 1.37. The van der Waals surface area contributed by atoms with E-state index in [-0.39, 0.29) is 0 Å². The SMILES string of the molecule is CNN1CSCCCSC1. The standard InChI is InChI=1S/C6H14N2S2/c1-7-8-5-9-3-2-4-10-6-8/h7H,2-6H2,1H3. The average Bonchev–Trinajstić information content (AvgIpc) is 1.87. The van der Waals surface area contributed by atoms with Gasteiger partial charge in [-0.2, -0.15) is 0 Å². The number of hydrogen-bond donors (Lipinski definition) is 1. The van der Waals surface area contributed by atoms with E-state index in [2.05, 4.69) is 10.4 Å². The summed E-state index contributed by atoms with van der Waals surface area (Å²) in [6, 6.07) is 0. The van der Waals surface area contributed by atoms with Crippen molar-refractivity contribution >= 4 is 23.5 Å². The average molecular weight is 178 g/mol. The molecular weight excluding hydrogens is 164 g/mol. The van der Waals surface area contributed by atoms with Crippen LogP contribution >= 0.6 is 23.5 Å². The second-order valence-corrected chi connectivity index (χ2v) is 4.34. The van der Waals surface area contributed by atoms with Crippen molar-refractivity contribution in [2.45, 2.75) is 6.42 Å². The van der Waals surface area contributed by atoms with Crippen LogP contribution in [-0.4, -0.2) is 35.3 Å². The zero-order valence-corrected chi connectivity index (χ0v) is 7.93. The fourth-order valence-corrected chi connectivity index (χ4v) is 2.91. The molecule has 0 aromatic heterocycles. The van der Waals surface area contributed by atoms with Crippen LogP contribution < -0.4 is 5.43 Å². The van der Waals surface area contributed by atoms with Gasteiger partial charge in [-0.05, 0) is 25.0 Å². The van der Waals surface area contributed by atoms with E-state index in [9.17, 15) is 0 Å². The Balaban J connectivity index is 2.16. The summed E-state index contributed by atoms with van der Waals surface area (Å²) in [4.78, 5) is 0. The van der Waals surface area contributed by atoms with Crippen molar-refractivity contribution in [1.82, 2.24) is 10.4 Å². The highest BCUT2D eigenvalue weighted by atomic mass is 32.2. The van der Waals surface area contributed by atoms with Crippen molar-refractivity contribution in [3.63, 3.8) is 0 Å². The van der Waals surface area contributed by atoms with Crippen LogP contribution in [0.1, 0.15) is 6.42 Å². The van der Waals surface area contributed by atoms with E-state index in [1.165, 1.54) is 17.9 Å². The first-order valence-electron chi connectivity index (χ1n) is 3.51. The topological polar surface area (TPSA) is 15.3 Å². The molecule has 0 saturated carbocycles. The molecule has 0 unspecified atom stereocenters. The molecule has 1 rings (SSSR count). The third kappa shape index (κ3) is 3.14. The van der Waals surface area contributed by atoms with E-state index in [1.54, 1.807) is 0 Å². The monoisotopic (exact) mass is 178 g/mol. The molecule has 0 amide bonds. The first-order valence-corrected chi connectivity index (χ1v) is 5.82. The molecule has 0 aromatic rings. The maximum Gasteiger partial charge on any atom is 0.0596 e. The maximum atomic E-state index is 3.16. The second-order valence-electron chi connectivity index (χ2n) is 2.19. The van der Waals surface area contributed by atoms with E-state index >= 15 is 0 Å². The van der Waals surface area contributed by atoms with Crippen molar-refractivity contribution in [3.05, 3.63) is 0 Å². The maximum absolute atomic E-state index is 3.16. The Bertz CT molecular complexity index is 81.8. The minimum absolute atomic E-state index is 1.13. The molecule has 0 aliphatic carbocycles. The molecule has 0 atom stereocenters. The van der Waals surface area contributed by atoms with Gasteiger partial charge in [-0.3, -0.25) is 5.43 Å². The number of hydrazine groups is 1. The number of thioether (sulfide) groups is 2. The highest BCUT2D eigenvalue weighted by Gasteiger charge is 2.04. The first-order chi connectivity index (χ1) is 4.93. The van der Waals surface area contributed by atoms with Crippen LogP contribution in [0.5, 0.6) is 0 Å². The summed E-state index contributed by atoms with van der Waals surface area (Å²) >= 11 is 4.02. The third-order valence-corrected chi connectivity index (χ3v) is 3.53. The van der Waals surface area contributed by atoms with Crippen molar-refractivity contribution in [3.8, 4) is 0 Å². The predicted molar refractivity (Wildman–Crippen MR) is 50.2 cm³/mol. The number of rotatable bonds is 1. The van der Waals surface area contributed by atoms with Crippen LogP contribution in [0.25, 0.3) is 0 Å². The quantitative estimate of drug-likeness (QED) is 0.649. The molecule has 0 spiro atoms. The normalized spacial score (nSPS) is 23.7. The van der Waals surface area contributed by atoms with Crippen LogP contribution in [0.2, 0.25) is 0 Å². The van der Waals surface area contributed by atoms with E-state index < -0.39 is 0 Å². The van der Waals surface area contributed by atoms with Gasteiger partial charge in [0.1, 0.15) is 0 Å². The fraction of sp³-hybridized carbons (Fsp3) is 1.00. The van der Waals surface area contributed by atoms with Crippen molar-refractivity contribution in [2.24, 2.45) is 0 Å². The Hall–Kier alpha value is 0.620. The summed E-state index contributed by atoms with van der Waals surface area (Å²) in [7, 11) is 1.99. The van der Waals surface area contributed by atoms with Gasteiger partial charge in [0.25, 0.3) is 0 Å². The molecule has 0 aromatic carbocycles. The van der Waals surface area contributed by atoms with Gasteiger partial charge in [0.15, 0.2) is 0 Å². The van der Waals surface area contributed by atoms with Crippen LogP contribution in [0.15, 0.2) is 0 Å². The highest BCUT2D eigenvalue weighted by molar-refractivity contribution is 8.00. The summed E-state index contributed by atoms with van der Waals surface area (Å²) < 4.78 is 0. The molecule has 1 N–H and O–H groups in total. The van der Waals surface area contributed by atoms with Crippen molar-refractivity contribution in [2.75, 3.05) is 30.3 Å². The Morgan fingerprint density at radius 2 is 1.80 bits per heavy atom. The molecule has 1 saturated heterocycles. The van der Waals surface area contributed by atoms with Gasteiger partial charge in [0.05, 0.1) is 11.8 Å². The Morgan fingerprint density at radius 3 is 2.30 bits per heavy atom. The number of nitrogens with zero attached hydrogens (tertiary/aromatic N) is 1. The molecule has 4 heteroatoms. The third-order valence-electron chi connectivity index (χ3n) is 1.39. The Kier molecular flexibility index (Phi) is 4.61. The molecule has 1 heterocycles. The molecule has 60 valence electrons. The smallest absolute Gasteiger partial charge is 0.0596 e. The molecule has 0 radical (unpaired) electrons. The summed E-state index contributed by atoms with van der Waals surface area (Å²) in [5.74, 6) is 4.88. The van der Waals surface area contributed by atoms with Crippen LogP contribution in [0.3, 0.4) is 0 Å². The van der Waals surface area contributed by atoms with Gasteiger partial charge >= 0.3 is 0 Å². The molecule has 2 nitrogen and oxygen atoms in total. The van der Waals surface area contributed by atoms with E-state index in [0.29, 0.717) is 0 Å². The molecule has 1 aliphatic rings. The lowest BCUT2D eigenvalue weighted by Crippen LogP contribution is -2.35. The minimum Gasteiger partial charge on any atom is -0.257 e. The van der Waals surface area contributed by atoms with Gasteiger partial charge in [0, 0.05) is 0 Å². The minimum atomic E-state index is 1.13. The van der Waals surface area contributed by atoms with Gasteiger partial charge in [-0.15, -0.1) is 23.5 Å². The molecular formula is C6H14N2S2. The summed E-state index contributed by atoms with van der Waals surface area (Å²) in [5.41, 5.74) is 3.16. The summed E-state index contributed by atoms with van der Waals surface area (Å²) in [5, 5.41) is 2.24. The lowest BCUT2D eigenvalue weighted by molar-refractivity contribution is 0.295. The Morgan fingerprint density at radius 1 is 1.20 bits per heavy atom. The van der Waals surface area contributed by atoms with Crippen molar-refractivity contribution < 1.29 is 0 Å². The van der Waals surface area contributed by atoms with E-state index in [1.807, 2.05) is 30.6 Å². The van der Waals surface area contributed by atoms with Crippen LogP contribution in [0.4, 0.5) is 0 Å². The Labute approximate surface area is 71.1 Å². The molecule has 10 heavy (non-hydrogen) atoms. The van der Waals surface area contributed by atoms with Gasteiger partial charge < -0.3 is 0 Å².